The number of aliphatic hydroxyl groups excluding tert-OH is 1. The van der Waals surface area contributed by atoms with E-state index in [-0.39, 0.29) is 12.5 Å². The van der Waals surface area contributed by atoms with Gasteiger partial charge in [0.2, 0.25) is 0 Å². The first kappa shape index (κ1) is 16.7. The average molecular weight is 299 g/mol. The smallest absolute Gasteiger partial charge is 0.255 e. The van der Waals surface area contributed by atoms with Crippen LogP contribution in [-0.4, -0.2) is 49.9 Å². The highest BCUT2D eigenvalue weighted by molar-refractivity contribution is 7.99. The molecule has 0 atom stereocenters. The van der Waals surface area contributed by atoms with Crippen LogP contribution >= 0.6 is 11.8 Å². The summed E-state index contributed by atoms with van der Waals surface area (Å²) >= 11 is 1.70. The maximum absolute atomic E-state index is 12.1. The molecular formula is C14H21NO4S. The topological polar surface area (TPSA) is 67.8 Å². The summed E-state index contributed by atoms with van der Waals surface area (Å²) in [5.74, 6) is 2.68. The molecule has 0 aliphatic heterocycles. The Morgan fingerprint density at radius 3 is 2.75 bits per heavy atom. The summed E-state index contributed by atoms with van der Waals surface area (Å²) in [6.07, 6.45) is 0.780. The number of thioether (sulfide) groups is 1. The largest absolute Gasteiger partial charge is 0.497 e. The summed E-state index contributed by atoms with van der Waals surface area (Å²) in [4.78, 5) is 12.1. The Kier molecular flexibility index (Phi) is 7.91. The van der Waals surface area contributed by atoms with E-state index in [1.807, 2.05) is 0 Å². The molecule has 0 aliphatic carbocycles. The Bertz CT molecular complexity index is 426. The first-order chi connectivity index (χ1) is 9.72. The number of aliphatic hydroxyl groups is 1. The van der Waals surface area contributed by atoms with E-state index in [2.05, 4.69) is 5.32 Å². The molecule has 0 saturated heterocycles. The predicted molar refractivity (Wildman–Crippen MR) is 80.9 cm³/mol. The summed E-state index contributed by atoms with van der Waals surface area (Å²) in [6.45, 7) is 0.787. The van der Waals surface area contributed by atoms with Crippen LogP contribution < -0.4 is 14.8 Å². The number of benzene rings is 1. The second kappa shape index (κ2) is 9.50. The normalized spacial score (nSPS) is 10.2. The highest BCUT2D eigenvalue weighted by Gasteiger charge is 2.12. The Morgan fingerprint density at radius 2 is 2.10 bits per heavy atom. The molecule has 0 saturated carbocycles. The van der Waals surface area contributed by atoms with Crippen LogP contribution in [0.5, 0.6) is 11.5 Å². The SMILES string of the molecule is COc1ccc(OC)c(C(=O)NCCSCCCO)c1. The second-order valence-corrected chi connectivity index (χ2v) is 5.24. The Morgan fingerprint density at radius 1 is 1.30 bits per heavy atom. The fourth-order valence-electron chi connectivity index (χ4n) is 1.59. The molecule has 6 heteroatoms. The van der Waals surface area contributed by atoms with E-state index in [1.165, 1.54) is 7.11 Å². The molecule has 5 nitrogen and oxygen atoms in total. The van der Waals surface area contributed by atoms with Crippen LogP contribution in [0.4, 0.5) is 0 Å². The first-order valence-electron chi connectivity index (χ1n) is 6.41. The van der Waals surface area contributed by atoms with Crippen molar-refractivity contribution in [3.63, 3.8) is 0 Å². The number of methoxy groups -OCH3 is 2. The van der Waals surface area contributed by atoms with Crippen LogP contribution in [0.25, 0.3) is 0 Å². The molecule has 2 N–H and O–H groups in total. The van der Waals surface area contributed by atoms with Gasteiger partial charge in [0, 0.05) is 18.9 Å². The van der Waals surface area contributed by atoms with Crippen molar-refractivity contribution in [2.75, 3.05) is 38.9 Å². The lowest BCUT2D eigenvalue weighted by Gasteiger charge is -2.10. The lowest BCUT2D eigenvalue weighted by molar-refractivity contribution is 0.0952. The Labute approximate surface area is 123 Å². The maximum Gasteiger partial charge on any atom is 0.255 e. The van der Waals surface area contributed by atoms with Gasteiger partial charge in [-0.3, -0.25) is 4.79 Å². The molecular weight excluding hydrogens is 278 g/mol. The number of carbonyl (C=O) groups is 1. The zero-order valence-corrected chi connectivity index (χ0v) is 12.7. The van der Waals surface area contributed by atoms with Crippen molar-refractivity contribution in [1.82, 2.24) is 5.32 Å². The van der Waals surface area contributed by atoms with E-state index in [9.17, 15) is 4.79 Å². The number of rotatable bonds is 9. The number of hydrogen-bond acceptors (Lipinski definition) is 5. The van der Waals surface area contributed by atoms with Crippen LogP contribution in [0, 0.1) is 0 Å². The molecule has 1 amide bonds. The van der Waals surface area contributed by atoms with Gasteiger partial charge in [-0.2, -0.15) is 11.8 Å². The minimum Gasteiger partial charge on any atom is -0.497 e. The van der Waals surface area contributed by atoms with Gasteiger partial charge >= 0.3 is 0 Å². The Balaban J connectivity index is 2.49. The molecule has 1 rings (SSSR count). The van der Waals surface area contributed by atoms with Gasteiger partial charge in [0.15, 0.2) is 0 Å². The lowest BCUT2D eigenvalue weighted by Crippen LogP contribution is -2.26. The number of carbonyl (C=O) groups excluding carboxylic acids is 1. The molecule has 1 aromatic carbocycles. The predicted octanol–water partition coefficient (Wildman–Crippen LogP) is 1.55. The van der Waals surface area contributed by atoms with Crippen molar-refractivity contribution in [3.05, 3.63) is 23.8 Å². The fourth-order valence-corrected chi connectivity index (χ4v) is 2.38. The highest BCUT2D eigenvalue weighted by atomic mass is 32.2. The zero-order valence-electron chi connectivity index (χ0n) is 11.8. The van der Waals surface area contributed by atoms with E-state index in [4.69, 9.17) is 14.6 Å². The molecule has 0 radical (unpaired) electrons. The summed E-state index contributed by atoms with van der Waals surface area (Å²) in [7, 11) is 3.09. The quantitative estimate of drug-likeness (QED) is 0.677. The van der Waals surface area contributed by atoms with Gasteiger partial charge in [0.05, 0.1) is 19.8 Å². The molecule has 0 fully saturated rings. The maximum atomic E-state index is 12.1. The van der Waals surface area contributed by atoms with Crippen molar-refractivity contribution in [3.8, 4) is 11.5 Å². The number of amides is 1. The first-order valence-corrected chi connectivity index (χ1v) is 7.57. The van der Waals surface area contributed by atoms with Gasteiger partial charge in [-0.1, -0.05) is 0 Å². The van der Waals surface area contributed by atoms with Gasteiger partial charge in [-0.15, -0.1) is 0 Å². The van der Waals surface area contributed by atoms with Crippen LogP contribution in [0.15, 0.2) is 18.2 Å². The van der Waals surface area contributed by atoms with Crippen molar-refractivity contribution >= 4 is 17.7 Å². The van der Waals surface area contributed by atoms with Gasteiger partial charge < -0.3 is 19.9 Å². The van der Waals surface area contributed by atoms with Crippen LogP contribution in [-0.2, 0) is 0 Å². The van der Waals surface area contributed by atoms with Crippen molar-refractivity contribution in [1.29, 1.82) is 0 Å². The van der Waals surface area contributed by atoms with Crippen molar-refractivity contribution in [2.45, 2.75) is 6.42 Å². The number of nitrogens with one attached hydrogen (secondary N) is 1. The molecule has 1 aromatic rings. The zero-order chi connectivity index (χ0) is 14.8. The molecule has 0 unspecified atom stereocenters. The minimum atomic E-state index is -0.177. The lowest BCUT2D eigenvalue weighted by atomic mass is 10.1. The van der Waals surface area contributed by atoms with E-state index < -0.39 is 0 Å². The molecule has 0 aliphatic rings. The summed E-state index contributed by atoms with van der Waals surface area (Å²) in [6, 6.07) is 5.12. The van der Waals surface area contributed by atoms with Gasteiger partial charge in [0.25, 0.3) is 5.91 Å². The van der Waals surface area contributed by atoms with Crippen LogP contribution in [0.3, 0.4) is 0 Å². The fraction of sp³-hybridized carbons (Fsp3) is 0.500. The van der Waals surface area contributed by atoms with Gasteiger partial charge in [-0.05, 0) is 30.4 Å². The van der Waals surface area contributed by atoms with Crippen LogP contribution in [0.2, 0.25) is 0 Å². The third-order valence-electron chi connectivity index (χ3n) is 2.63. The van der Waals surface area contributed by atoms with Crippen LogP contribution in [0.1, 0.15) is 16.8 Å². The molecule has 0 aromatic heterocycles. The number of hydrogen-bond donors (Lipinski definition) is 2. The summed E-state index contributed by atoms with van der Waals surface area (Å²) < 4.78 is 10.3. The molecule has 0 bridgehead atoms. The minimum absolute atomic E-state index is 0.177. The highest BCUT2D eigenvalue weighted by Crippen LogP contribution is 2.23. The van der Waals surface area contributed by atoms with Gasteiger partial charge in [-0.25, -0.2) is 0 Å². The van der Waals surface area contributed by atoms with E-state index in [0.29, 0.717) is 23.6 Å². The third kappa shape index (κ3) is 5.30. The Hall–Kier alpha value is -1.40. The van der Waals surface area contributed by atoms with E-state index >= 15 is 0 Å². The van der Waals surface area contributed by atoms with Crippen molar-refractivity contribution in [2.24, 2.45) is 0 Å². The van der Waals surface area contributed by atoms with Gasteiger partial charge in [0.1, 0.15) is 11.5 Å². The summed E-state index contributed by atoms with van der Waals surface area (Å²) in [5, 5.41) is 11.5. The standard InChI is InChI=1S/C14H21NO4S/c1-18-11-4-5-13(19-2)12(10-11)14(17)15-6-9-20-8-3-7-16/h4-5,10,16H,3,6-9H2,1-2H3,(H,15,17). The second-order valence-electron chi connectivity index (χ2n) is 4.01. The molecule has 20 heavy (non-hydrogen) atoms. The molecule has 0 heterocycles. The molecule has 0 spiro atoms. The monoisotopic (exact) mass is 299 g/mol. The van der Waals surface area contributed by atoms with E-state index in [1.54, 1.807) is 37.1 Å². The average Bonchev–Trinajstić information content (AvgIpc) is 2.49. The van der Waals surface area contributed by atoms with Crippen molar-refractivity contribution < 1.29 is 19.4 Å². The summed E-state index contributed by atoms with van der Waals surface area (Å²) in [5.41, 5.74) is 0.465. The molecule has 112 valence electrons. The third-order valence-corrected chi connectivity index (χ3v) is 3.70. The number of ether oxygens (including phenoxy) is 2. The van der Waals surface area contributed by atoms with E-state index in [0.717, 1.165) is 17.9 Å².